The number of nitrogens with one attached hydrogen (secondary N) is 1. The first-order valence-electron chi connectivity index (χ1n) is 7.65. The summed E-state index contributed by atoms with van der Waals surface area (Å²) in [6, 6.07) is 0.443. The van der Waals surface area contributed by atoms with Crippen LogP contribution in [-0.4, -0.2) is 30.1 Å². The zero-order valence-corrected chi connectivity index (χ0v) is 12.4. The average Bonchev–Trinajstić information content (AvgIpc) is 2.25. The van der Waals surface area contributed by atoms with Gasteiger partial charge in [0.2, 0.25) is 0 Å². The minimum atomic E-state index is 0.146. The molecule has 2 amide bonds. The van der Waals surface area contributed by atoms with Crippen LogP contribution in [0.15, 0.2) is 0 Å². The monoisotopic (exact) mass is 254 g/mol. The summed E-state index contributed by atoms with van der Waals surface area (Å²) in [4.78, 5) is 14.1. The van der Waals surface area contributed by atoms with Crippen LogP contribution < -0.4 is 5.32 Å². The molecule has 1 aliphatic heterocycles. The van der Waals surface area contributed by atoms with E-state index >= 15 is 0 Å². The van der Waals surface area contributed by atoms with Gasteiger partial charge in [0.05, 0.1) is 0 Å². The van der Waals surface area contributed by atoms with Gasteiger partial charge in [-0.3, -0.25) is 0 Å². The van der Waals surface area contributed by atoms with Crippen molar-refractivity contribution in [1.82, 2.24) is 10.2 Å². The van der Waals surface area contributed by atoms with Crippen LogP contribution in [0.4, 0.5) is 4.79 Å². The predicted molar refractivity (Wildman–Crippen MR) is 76.7 cm³/mol. The van der Waals surface area contributed by atoms with Crippen molar-refractivity contribution < 1.29 is 4.79 Å². The van der Waals surface area contributed by atoms with Crippen LogP contribution in [0.3, 0.4) is 0 Å². The average molecular weight is 254 g/mol. The standard InChI is InChI=1S/C15H30N2O/c1-13(2)9-10-14(3)16-15(18)17-11-7-5-4-6-8-12-17/h13-14H,4-12H2,1-3H3,(H,16,18). The molecule has 18 heavy (non-hydrogen) atoms. The highest BCUT2D eigenvalue weighted by Gasteiger charge is 2.16. The maximum Gasteiger partial charge on any atom is 0.317 e. The molecule has 1 saturated heterocycles. The fourth-order valence-corrected chi connectivity index (χ4v) is 2.41. The molecule has 1 rings (SSSR count). The summed E-state index contributed by atoms with van der Waals surface area (Å²) in [5.74, 6) is 0.714. The van der Waals surface area contributed by atoms with Crippen LogP contribution in [0.5, 0.6) is 0 Å². The molecule has 1 N–H and O–H groups in total. The van der Waals surface area contributed by atoms with Gasteiger partial charge in [0.25, 0.3) is 0 Å². The van der Waals surface area contributed by atoms with Crippen molar-refractivity contribution in [2.75, 3.05) is 13.1 Å². The Morgan fingerprint density at radius 1 is 1.00 bits per heavy atom. The van der Waals surface area contributed by atoms with Gasteiger partial charge in [-0.05, 0) is 38.5 Å². The molecular formula is C15H30N2O. The lowest BCUT2D eigenvalue weighted by Crippen LogP contribution is -2.45. The Labute approximate surface area is 112 Å². The molecule has 0 aromatic carbocycles. The minimum absolute atomic E-state index is 0.146. The lowest BCUT2D eigenvalue weighted by molar-refractivity contribution is 0.188. The van der Waals surface area contributed by atoms with E-state index in [-0.39, 0.29) is 6.03 Å². The normalized spacial score (nSPS) is 19.2. The Morgan fingerprint density at radius 3 is 2.11 bits per heavy atom. The highest BCUT2D eigenvalue weighted by atomic mass is 16.2. The van der Waals surface area contributed by atoms with Gasteiger partial charge < -0.3 is 10.2 Å². The molecule has 0 aliphatic carbocycles. The number of likely N-dealkylation sites (tertiary alicyclic amines) is 1. The maximum atomic E-state index is 12.1. The van der Waals surface area contributed by atoms with Gasteiger partial charge in [-0.2, -0.15) is 0 Å². The zero-order chi connectivity index (χ0) is 13.4. The van der Waals surface area contributed by atoms with E-state index in [1.807, 2.05) is 4.90 Å². The molecule has 0 aromatic rings. The summed E-state index contributed by atoms with van der Waals surface area (Å²) in [5, 5.41) is 3.14. The Kier molecular flexibility index (Phi) is 7.14. The van der Waals surface area contributed by atoms with Crippen molar-refractivity contribution in [3.8, 4) is 0 Å². The summed E-state index contributed by atoms with van der Waals surface area (Å²) in [7, 11) is 0. The molecule has 106 valence electrons. The number of hydrogen-bond acceptors (Lipinski definition) is 1. The molecule has 1 atom stereocenters. The highest BCUT2D eigenvalue weighted by Crippen LogP contribution is 2.11. The van der Waals surface area contributed by atoms with Crippen molar-refractivity contribution in [3.05, 3.63) is 0 Å². The molecule has 0 bridgehead atoms. The third-order valence-corrected chi connectivity index (χ3v) is 3.69. The third kappa shape index (κ3) is 6.27. The van der Waals surface area contributed by atoms with Crippen LogP contribution >= 0.6 is 0 Å². The van der Waals surface area contributed by atoms with Crippen LogP contribution in [0.2, 0.25) is 0 Å². The van der Waals surface area contributed by atoms with Crippen molar-refractivity contribution in [3.63, 3.8) is 0 Å². The number of rotatable bonds is 4. The SMILES string of the molecule is CC(C)CCC(C)NC(=O)N1CCCCCCC1. The zero-order valence-electron chi connectivity index (χ0n) is 12.4. The lowest BCUT2D eigenvalue weighted by Gasteiger charge is -2.27. The maximum absolute atomic E-state index is 12.1. The molecule has 1 aliphatic rings. The number of hydrogen-bond donors (Lipinski definition) is 1. The van der Waals surface area contributed by atoms with E-state index in [0.717, 1.165) is 32.4 Å². The highest BCUT2D eigenvalue weighted by molar-refractivity contribution is 5.74. The molecule has 1 heterocycles. The molecule has 1 unspecified atom stereocenters. The summed E-state index contributed by atoms with van der Waals surface area (Å²) in [6.07, 6.45) is 8.46. The summed E-state index contributed by atoms with van der Waals surface area (Å²) < 4.78 is 0. The van der Waals surface area contributed by atoms with E-state index < -0.39 is 0 Å². The number of amides is 2. The topological polar surface area (TPSA) is 32.3 Å². The molecule has 3 nitrogen and oxygen atoms in total. The first-order chi connectivity index (χ1) is 8.59. The van der Waals surface area contributed by atoms with Gasteiger partial charge in [0.1, 0.15) is 0 Å². The Bertz CT molecular complexity index is 233. The molecule has 0 saturated carbocycles. The fourth-order valence-electron chi connectivity index (χ4n) is 2.41. The summed E-state index contributed by atoms with van der Waals surface area (Å²) >= 11 is 0. The first-order valence-corrected chi connectivity index (χ1v) is 7.65. The first kappa shape index (κ1) is 15.3. The number of urea groups is 1. The van der Waals surface area contributed by atoms with Crippen LogP contribution in [0.25, 0.3) is 0 Å². The Hall–Kier alpha value is -0.730. The third-order valence-electron chi connectivity index (χ3n) is 3.69. The second kappa shape index (κ2) is 8.39. The van der Waals surface area contributed by atoms with Crippen molar-refractivity contribution in [2.45, 2.75) is 71.8 Å². The minimum Gasteiger partial charge on any atom is -0.336 e. The number of nitrogens with zero attached hydrogens (tertiary/aromatic N) is 1. The number of carbonyl (C=O) groups excluding carboxylic acids is 1. The molecule has 3 heteroatoms. The summed E-state index contributed by atoms with van der Waals surface area (Å²) in [6.45, 7) is 8.44. The lowest BCUT2D eigenvalue weighted by atomic mass is 10.0. The molecule has 1 fully saturated rings. The van der Waals surface area contributed by atoms with Gasteiger partial charge in [-0.25, -0.2) is 4.79 Å². The van der Waals surface area contributed by atoms with E-state index in [9.17, 15) is 4.79 Å². The second-order valence-corrected chi connectivity index (χ2v) is 6.08. The van der Waals surface area contributed by atoms with Crippen LogP contribution in [0.1, 0.15) is 65.7 Å². The van der Waals surface area contributed by atoms with Crippen LogP contribution in [0, 0.1) is 5.92 Å². The van der Waals surface area contributed by atoms with Crippen molar-refractivity contribution in [1.29, 1.82) is 0 Å². The molecule has 0 radical (unpaired) electrons. The van der Waals surface area contributed by atoms with Gasteiger partial charge in [-0.15, -0.1) is 0 Å². The Morgan fingerprint density at radius 2 is 1.56 bits per heavy atom. The van der Waals surface area contributed by atoms with E-state index in [1.165, 1.54) is 25.7 Å². The quantitative estimate of drug-likeness (QED) is 0.813. The molecule has 0 spiro atoms. The van der Waals surface area contributed by atoms with Gasteiger partial charge in [-0.1, -0.05) is 33.1 Å². The van der Waals surface area contributed by atoms with E-state index in [4.69, 9.17) is 0 Å². The fraction of sp³-hybridized carbons (Fsp3) is 0.933. The second-order valence-electron chi connectivity index (χ2n) is 6.08. The van der Waals surface area contributed by atoms with E-state index in [0.29, 0.717) is 12.0 Å². The van der Waals surface area contributed by atoms with Crippen molar-refractivity contribution >= 4 is 6.03 Å². The van der Waals surface area contributed by atoms with Crippen molar-refractivity contribution in [2.24, 2.45) is 5.92 Å². The van der Waals surface area contributed by atoms with Gasteiger partial charge in [0.15, 0.2) is 0 Å². The van der Waals surface area contributed by atoms with Crippen LogP contribution in [-0.2, 0) is 0 Å². The predicted octanol–water partition coefficient (Wildman–Crippen LogP) is 3.79. The largest absolute Gasteiger partial charge is 0.336 e. The van der Waals surface area contributed by atoms with E-state index in [1.54, 1.807) is 0 Å². The summed E-state index contributed by atoms with van der Waals surface area (Å²) in [5.41, 5.74) is 0. The Balaban J connectivity index is 2.28. The van der Waals surface area contributed by atoms with Gasteiger partial charge >= 0.3 is 6.03 Å². The smallest absolute Gasteiger partial charge is 0.317 e. The molecule has 0 aromatic heterocycles. The van der Waals surface area contributed by atoms with E-state index in [2.05, 4.69) is 26.1 Å². The van der Waals surface area contributed by atoms with Gasteiger partial charge in [0, 0.05) is 19.1 Å². The number of carbonyl (C=O) groups is 1. The molecular weight excluding hydrogens is 224 g/mol.